The van der Waals surface area contributed by atoms with Gasteiger partial charge >= 0.3 is 0 Å². The number of imidazole rings is 1. The van der Waals surface area contributed by atoms with E-state index in [1.54, 1.807) is 0 Å². The van der Waals surface area contributed by atoms with Crippen molar-refractivity contribution in [1.82, 2.24) is 20.2 Å². The largest absolute Gasteiger partial charge is 0.345 e. The predicted molar refractivity (Wildman–Crippen MR) is 97.1 cm³/mol. The molecule has 2 N–H and O–H groups in total. The van der Waals surface area contributed by atoms with Gasteiger partial charge in [0, 0.05) is 0 Å². The minimum atomic E-state index is -0.357. The summed E-state index contributed by atoms with van der Waals surface area (Å²) in [7, 11) is 0. The number of aromatic amines is 1. The molecule has 2 heterocycles. The summed E-state index contributed by atoms with van der Waals surface area (Å²) in [4.78, 5) is 46.6. The predicted octanol–water partition coefficient (Wildman–Crippen LogP) is 1.55. The number of benzene rings is 1. The maximum absolute atomic E-state index is 12.7. The number of aromatic nitrogens is 2. The second kappa shape index (κ2) is 5.77. The van der Waals surface area contributed by atoms with Gasteiger partial charge in [0.05, 0.1) is 28.9 Å². The Morgan fingerprint density at radius 2 is 1.89 bits per heavy atom. The number of fused-ring (bicyclic) bond motifs is 6. The van der Waals surface area contributed by atoms with Crippen LogP contribution in [0.4, 0.5) is 0 Å². The first-order valence-electron chi connectivity index (χ1n) is 9.30. The van der Waals surface area contributed by atoms with Crippen molar-refractivity contribution in [2.24, 2.45) is 23.7 Å². The van der Waals surface area contributed by atoms with Crippen LogP contribution in [0.3, 0.4) is 0 Å². The summed E-state index contributed by atoms with van der Waals surface area (Å²) in [6.45, 7) is 1.59. The van der Waals surface area contributed by atoms with Gasteiger partial charge in [-0.15, -0.1) is 0 Å². The van der Waals surface area contributed by atoms with Gasteiger partial charge in [0.1, 0.15) is 12.4 Å². The molecule has 7 nitrogen and oxygen atoms in total. The van der Waals surface area contributed by atoms with E-state index >= 15 is 0 Å². The molecule has 138 valence electrons. The Kier molecular flexibility index (Phi) is 3.47. The summed E-state index contributed by atoms with van der Waals surface area (Å²) in [5.74, 6) is -0.353. The van der Waals surface area contributed by atoms with Gasteiger partial charge in [0.2, 0.25) is 17.7 Å². The van der Waals surface area contributed by atoms with Crippen LogP contribution in [0.25, 0.3) is 11.0 Å². The van der Waals surface area contributed by atoms with Crippen LogP contribution in [-0.4, -0.2) is 39.1 Å². The molecule has 1 saturated carbocycles. The summed E-state index contributed by atoms with van der Waals surface area (Å²) in [5, 5.41) is 2.83. The second-order valence-electron chi connectivity index (χ2n) is 7.69. The summed E-state index contributed by atoms with van der Waals surface area (Å²) in [6.07, 6.45) is 4.98. The quantitative estimate of drug-likeness (QED) is 0.636. The molecular formula is C20H20N4O3. The van der Waals surface area contributed by atoms with E-state index in [2.05, 4.69) is 15.3 Å². The lowest BCUT2D eigenvalue weighted by molar-refractivity contribution is -0.144. The number of amides is 3. The van der Waals surface area contributed by atoms with Crippen molar-refractivity contribution in [2.45, 2.75) is 19.4 Å². The molecule has 2 bridgehead atoms. The fraction of sp³-hybridized carbons (Fsp3) is 0.400. The third-order valence-corrected chi connectivity index (χ3v) is 6.06. The molecular weight excluding hydrogens is 344 g/mol. The molecule has 3 aliphatic rings. The third kappa shape index (κ3) is 2.41. The third-order valence-electron chi connectivity index (χ3n) is 6.06. The summed E-state index contributed by atoms with van der Waals surface area (Å²) >= 11 is 0. The number of likely N-dealkylation sites (tertiary alicyclic amines) is 1. The average molecular weight is 364 g/mol. The molecule has 2 fully saturated rings. The van der Waals surface area contributed by atoms with Crippen molar-refractivity contribution in [3.8, 4) is 0 Å². The number of allylic oxidation sites excluding steroid dienone is 2. The van der Waals surface area contributed by atoms with Crippen LogP contribution in [0.5, 0.6) is 0 Å². The van der Waals surface area contributed by atoms with Gasteiger partial charge in [-0.3, -0.25) is 19.3 Å². The molecule has 27 heavy (non-hydrogen) atoms. The van der Waals surface area contributed by atoms with Gasteiger partial charge in [-0.05, 0) is 37.3 Å². The summed E-state index contributed by atoms with van der Waals surface area (Å²) in [6, 6.07) is 7.28. The van der Waals surface area contributed by atoms with Crippen molar-refractivity contribution in [1.29, 1.82) is 0 Å². The SMILES string of the molecule is CC(NC(=O)CN1C(=O)C2C3C=CC(C3)C2C1=O)c1nc2ccccc2[nH]1. The standard InChI is InChI=1S/C20H20N4O3/c1-10(18-22-13-4-2-3-5-14(13)23-18)21-15(25)9-24-19(26)16-11-6-7-12(8-11)17(16)20(24)27/h2-7,10-12,16-17H,8-9H2,1H3,(H,21,25)(H,22,23). The normalized spacial score (nSPS) is 29.6. The van der Waals surface area contributed by atoms with Gasteiger partial charge in [-0.25, -0.2) is 4.98 Å². The number of imide groups is 1. The number of hydrogen-bond acceptors (Lipinski definition) is 4. The maximum atomic E-state index is 12.7. The molecule has 1 saturated heterocycles. The van der Waals surface area contributed by atoms with E-state index in [1.807, 2.05) is 43.3 Å². The number of rotatable bonds is 4. The monoisotopic (exact) mass is 364 g/mol. The van der Waals surface area contributed by atoms with E-state index in [-0.39, 0.29) is 54.0 Å². The Labute approximate surface area is 155 Å². The van der Waals surface area contributed by atoms with E-state index < -0.39 is 0 Å². The van der Waals surface area contributed by atoms with E-state index in [1.165, 1.54) is 0 Å². The van der Waals surface area contributed by atoms with Gasteiger partial charge in [0.15, 0.2) is 0 Å². The zero-order chi connectivity index (χ0) is 18.7. The van der Waals surface area contributed by atoms with Crippen molar-refractivity contribution in [3.63, 3.8) is 0 Å². The van der Waals surface area contributed by atoms with Crippen LogP contribution >= 0.6 is 0 Å². The van der Waals surface area contributed by atoms with Crippen LogP contribution in [0.2, 0.25) is 0 Å². The highest BCUT2D eigenvalue weighted by Gasteiger charge is 2.59. The lowest BCUT2D eigenvalue weighted by atomic mass is 9.85. The van der Waals surface area contributed by atoms with E-state index in [4.69, 9.17) is 0 Å². The fourth-order valence-corrected chi connectivity index (χ4v) is 4.80. The number of nitrogens with zero attached hydrogens (tertiary/aromatic N) is 2. The van der Waals surface area contributed by atoms with E-state index in [0.29, 0.717) is 5.82 Å². The maximum Gasteiger partial charge on any atom is 0.240 e. The zero-order valence-corrected chi connectivity index (χ0v) is 14.9. The first kappa shape index (κ1) is 16.2. The van der Waals surface area contributed by atoms with Gasteiger partial charge in [0.25, 0.3) is 0 Å². The van der Waals surface area contributed by atoms with Crippen molar-refractivity contribution < 1.29 is 14.4 Å². The summed E-state index contributed by atoms with van der Waals surface area (Å²) in [5.41, 5.74) is 1.73. The topological polar surface area (TPSA) is 95.2 Å². The minimum absolute atomic E-state index is 0.152. The Morgan fingerprint density at radius 1 is 1.22 bits per heavy atom. The zero-order valence-electron chi connectivity index (χ0n) is 14.9. The highest BCUT2D eigenvalue weighted by Crippen LogP contribution is 2.52. The number of carbonyl (C=O) groups is 3. The van der Waals surface area contributed by atoms with Crippen LogP contribution in [0, 0.1) is 23.7 Å². The van der Waals surface area contributed by atoms with Crippen molar-refractivity contribution in [2.75, 3.05) is 6.54 Å². The highest BCUT2D eigenvalue weighted by atomic mass is 16.2. The Morgan fingerprint density at radius 3 is 2.56 bits per heavy atom. The molecule has 2 aromatic rings. The first-order chi connectivity index (χ1) is 13.0. The number of carbonyl (C=O) groups excluding carboxylic acids is 3. The Balaban J connectivity index is 1.27. The highest BCUT2D eigenvalue weighted by molar-refractivity contribution is 6.08. The van der Waals surface area contributed by atoms with Crippen molar-refractivity contribution in [3.05, 3.63) is 42.2 Å². The van der Waals surface area contributed by atoms with Crippen LogP contribution in [0.1, 0.15) is 25.2 Å². The van der Waals surface area contributed by atoms with Crippen LogP contribution < -0.4 is 5.32 Å². The molecule has 2 aliphatic carbocycles. The molecule has 1 aromatic heterocycles. The molecule has 1 aliphatic heterocycles. The number of nitrogens with one attached hydrogen (secondary N) is 2. The molecule has 5 rings (SSSR count). The van der Waals surface area contributed by atoms with Gasteiger partial charge in [-0.1, -0.05) is 24.3 Å². The lowest BCUT2D eigenvalue weighted by Gasteiger charge is -2.18. The number of hydrogen-bond donors (Lipinski definition) is 2. The van der Waals surface area contributed by atoms with Crippen LogP contribution in [0.15, 0.2) is 36.4 Å². The Hall–Kier alpha value is -2.96. The smallest absolute Gasteiger partial charge is 0.240 e. The average Bonchev–Trinajstić information content (AvgIpc) is 3.40. The van der Waals surface area contributed by atoms with Crippen LogP contribution in [-0.2, 0) is 14.4 Å². The van der Waals surface area contributed by atoms with E-state index in [9.17, 15) is 14.4 Å². The molecule has 3 amide bonds. The van der Waals surface area contributed by atoms with Crippen molar-refractivity contribution >= 4 is 28.8 Å². The molecule has 1 aromatic carbocycles. The fourth-order valence-electron chi connectivity index (χ4n) is 4.80. The first-order valence-corrected chi connectivity index (χ1v) is 9.30. The molecule has 5 atom stereocenters. The number of H-pyrrole nitrogens is 1. The Bertz CT molecular complexity index is 931. The number of para-hydroxylation sites is 2. The van der Waals surface area contributed by atoms with Gasteiger partial charge < -0.3 is 10.3 Å². The van der Waals surface area contributed by atoms with E-state index in [0.717, 1.165) is 22.4 Å². The minimum Gasteiger partial charge on any atom is -0.345 e. The molecule has 0 spiro atoms. The lowest BCUT2D eigenvalue weighted by Crippen LogP contribution is -2.42. The molecule has 5 unspecified atom stereocenters. The summed E-state index contributed by atoms with van der Waals surface area (Å²) < 4.78 is 0. The second-order valence-corrected chi connectivity index (χ2v) is 7.69. The molecule has 0 radical (unpaired) electrons. The van der Waals surface area contributed by atoms with Gasteiger partial charge in [-0.2, -0.15) is 0 Å². The molecule has 7 heteroatoms.